The highest BCUT2D eigenvalue weighted by atomic mass is 14.9. The molecular weight excluding hydrogens is 198 g/mol. The van der Waals surface area contributed by atoms with Gasteiger partial charge in [0.1, 0.15) is 0 Å². The van der Waals surface area contributed by atoms with Crippen molar-refractivity contribution in [2.75, 3.05) is 0 Å². The van der Waals surface area contributed by atoms with Crippen LogP contribution in [0.4, 0.5) is 0 Å². The second-order valence-corrected chi connectivity index (χ2v) is 5.40. The van der Waals surface area contributed by atoms with E-state index in [1.807, 2.05) is 0 Å². The van der Waals surface area contributed by atoms with E-state index in [0.29, 0.717) is 11.8 Å². The summed E-state index contributed by atoms with van der Waals surface area (Å²) in [6, 6.07) is 0.143. The van der Waals surface area contributed by atoms with Gasteiger partial charge in [0.05, 0.1) is 11.4 Å². The molecule has 0 aromatic carbocycles. The summed E-state index contributed by atoms with van der Waals surface area (Å²) in [6.45, 7) is 8.96. The molecule has 1 unspecified atom stereocenters. The average molecular weight is 219 g/mol. The van der Waals surface area contributed by atoms with Crippen molar-refractivity contribution in [1.29, 1.82) is 0 Å². The Morgan fingerprint density at radius 1 is 1.19 bits per heavy atom. The summed E-state index contributed by atoms with van der Waals surface area (Å²) >= 11 is 0. The predicted octanol–water partition coefficient (Wildman–Crippen LogP) is 1.91. The molecule has 88 valence electrons. The van der Waals surface area contributed by atoms with Crippen LogP contribution in [0.5, 0.6) is 0 Å². The third-order valence-corrected chi connectivity index (χ3v) is 4.12. The summed E-state index contributed by atoms with van der Waals surface area (Å²) in [5.74, 6) is 0.973. The van der Waals surface area contributed by atoms with Crippen molar-refractivity contribution in [1.82, 2.24) is 9.97 Å². The lowest BCUT2D eigenvalue weighted by Gasteiger charge is -2.41. The van der Waals surface area contributed by atoms with Gasteiger partial charge in [-0.3, -0.25) is 9.97 Å². The summed E-state index contributed by atoms with van der Waals surface area (Å²) < 4.78 is 0. The van der Waals surface area contributed by atoms with Crippen molar-refractivity contribution in [3.05, 3.63) is 23.8 Å². The molecule has 1 atom stereocenters. The Morgan fingerprint density at radius 2 is 1.75 bits per heavy atom. The minimum Gasteiger partial charge on any atom is -0.326 e. The molecule has 16 heavy (non-hydrogen) atoms. The predicted molar refractivity (Wildman–Crippen MR) is 65.1 cm³/mol. The van der Waals surface area contributed by atoms with E-state index in [-0.39, 0.29) is 11.5 Å². The molecule has 0 bridgehead atoms. The highest BCUT2D eigenvalue weighted by Gasteiger charge is 2.51. The Labute approximate surface area is 97.5 Å². The molecule has 0 spiro atoms. The van der Waals surface area contributed by atoms with Gasteiger partial charge in [0.25, 0.3) is 0 Å². The van der Waals surface area contributed by atoms with Crippen LogP contribution in [0.1, 0.15) is 39.1 Å². The van der Waals surface area contributed by atoms with E-state index in [2.05, 4.69) is 37.7 Å². The van der Waals surface area contributed by atoms with E-state index in [1.54, 1.807) is 12.4 Å². The molecule has 1 aliphatic rings. The molecule has 0 saturated heterocycles. The van der Waals surface area contributed by atoms with Crippen molar-refractivity contribution in [3.8, 4) is 0 Å². The first-order chi connectivity index (χ1) is 7.51. The number of aromatic nitrogens is 2. The van der Waals surface area contributed by atoms with Gasteiger partial charge >= 0.3 is 0 Å². The van der Waals surface area contributed by atoms with Crippen LogP contribution in [0, 0.1) is 11.8 Å². The van der Waals surface area contributed by atoms with E-state index in [9.17, 15) is 0 Å². The number of hydrogen-bond donors (Lipinski definition) is 1. The van der Waals surface area contributed by atoms with Gasteiger partial charge in [0.15, 0.2) is 0 Å². The van der Waals surface area contributed by atoms with Gasteiger partial charge in [-0.15, -0.1) is 0 Å². The molecule has 1 aromatic rings. The van der Waals surface area contributed by atoms with Crippen LogP contribution in [0.3, 0.4) is 0 Å². The van der Waals surface area contributed by atoms with Crippen LogP contribution < -0.4 is 5.73 Å². The van der Waals surface area contributed by atoms with Gasteiger partial charge in [-0.1, -0.05) is 27.7 Å². The molecule has 1 heterocycles. The fourth-order valence-electron chi connectivity index (χ4n) is 3.50. The standard InChI is InChI=1S/C13H21N3/c1-8(2)13(9(3)4)11(14)7-10-12(13)16-6-5-15-10/h5-6,8-9,11H,7,14H2,1-4H3. The van der Waals surface area contributed by atoms with E-state index < -0.39 is 0 Å². The van der Waals surface area contributed by atoms with Gasteiger partial charge in [-0.05, 0) is 11.8 Å². The summed E-state index contributed by atoms with van der Waals surface area (Å²) in [5, 5.41) is 0. The summed E-state index contributed by atoms with van der Waals surface area (Å²) in [6.07, 6.45) is 4.41. The quantitative estimate of drug-likeness (QED) is 0.826. The molecule has 0 amide bonds. The molecule has 0 fully saturated rings. The van der Waals surface area contributed by atoms with Crippen molar-refractivity contribution in [2.24, 2.45) is 17.6 Å². The fourth-order valence-corrected chi connectivity index (χ4v) is 3.50. The molecule has 1 aromatic heterocycles. The second-order valence-electron chi connectivity index (χ2n) is 5.40. The topological polar surface area (TPSA) is 51.8 Å². The molecule has 0 radical (unpaired) electrons. The smallest absolute Gasteiger partial charge is 0.0701 e. The monoisotopic (exact) mass is 219 g/mol. The number of fused-ring (bicyclic) bond motifs is 1. The highest BCUT2D eigenvalue weighted by Crippen LogP contribution is 2.46. The molecule has 2 rings (SSSR count). The van der Waals surface area contributed by atoms with Gasteiger partial charge in [-0.25, -0.2) is 0 Å². The van der Waals surface area contributed by atoms with E-state index >= 15 is 0 Å². The lowest BCUT2D eigenvalue weighted by Crippen LogP contribution is -2.50. The minimum absolute atomic E-state index is 0.0103. The Balaban J connectivity index is 2.62. The molecule has 3 nitrogen and oxygen atoms in total. The van der Waals surface area contributed by atoms with Crippen LogP contribution in [0.15, 0.2) is 12.4 Å². The molecule has 1 aliphatic carbocycles. The van der Waals surface area contributed by atoms with Gasteiger partial charge in [0.2, 0.25) is 0 Å². The van der Waals surface area contributed by atoms with Crippen molar-refractivity contribution < 1.29 is 0 Å². The first-order valence-corrected chi connectivity index (χ1v) is 6.07. The van der Waals surface area contributed by atoms with Crippen LogP contribution >= 0.6 is 0 Å². The van der Waals surface area contributed by atoms with Gasteiger partial charge in [0, 0.05) is 30.3 Å². The summed E-state index contributed by atoms with van der Waals surface area (Å²) in [4.78, 5) is 8.99. The molecule has 2 N–H and O–H groups in total. The average Bonchev–Trinajstić information content (AvgIpc) is 2.50. The zero-order valence-electron chi connectivity index (χ0n) is 10.6. The SMILES string of the molecule is CC(C)C1(C(C)C)c2nccnc2CC1N. The third-order valence-electron chi connectivity index (χ3n) is 4.12. The zero-order chi connectivity index (χ0) is 11.9. The fraction of sp³-hybridized carbons (Fsp3) is 0.692. The maximum atomic E-state index is 6.39. The Bertz CT molecular complexity index is 377. The molecule has 0 aliphatic heterocycles. The Hall–Kier alpha value is -0.960. The van der Waals surface area contributed by atoms with Crippen LogP contribution in [0.25, 0.3) is 0 Å². The van der Waals surface area contributed by atoms with Crippen LogP contribution in [-0.2, 0) is 11.8 Å². The second kappa shape index (κ2) is 3.81. The third kappa shape index (κ3) is 1.31. The maximum absolute atomic E-state index is 6.39. The highest BCUT2D eigenvalue weighted by molar-refractivity contribution is 5.34. The normalized spacial score (nSPS) is 22.8. The lowest BCUT2D eigenvalue weighted by atomic mass is 9.65. The van der Waals surface area contributed by atoms with Crippen LogP contribution in [-0.4, -0.2) is 16.0 Å². The lowest BCUT2D eigenvalue weighted by molar-refractivity contribution is 0.185. The van der Waals surface area contributed by atoms with Gasteiger partial charge in [-0.2, -0.15) is 0 Å². The Morgan fingerprint density at radius 3 is 2.31 bits per heavy atom. The van der Waals surface area contributed by atoms with Crippen molar-refractivity contribution >= 4 is 0 Å². The molecule has 0 saturated carbocycles. The first kappa shape index (κ1) is 11.5. The van der Waals surface area contributed by atoms with Crippen molar-refractivity contribution in [2.45, 2.75) is 45.6 Å². The number of nitrogens with two attached hydrogens (primary N) is 1. The molecular formula is C13H21N3. The maximum Gasteiger partial charge on any atom is 0.0701 e. The number of nitrogens with zero attached hydrogens (tertiary/aromatic N) is 2. The largest absolute Gasteiger partial charge is 0.326 e. The van der Waals surface area contributed by atoms with E-state index in [4.69, 9.17) is 5.73 Å². The summed E-state index contributed by atoms with van der Waals surface area (Å²) in [5.41, 5.74) is 8.60. The summed E-state index contributed by atoms with van der Waals surface area (Å²) in [7, 11) is 0. The van der Waals surface area contributed by atoms with Gasteiger partial charge < -0.3 is 5.73 Å². The van der Waals surface area contributed by atoms with Crippen molar-refractivity contribution in [3.63, 3.8) is 0 Å². The van der Waals surface area contributed by atoms with Crippen LogP contribution in [0.2, 0.25) is 0 Å². The zero-order valence-corrected chi connectivity index (χ0v) is 10.6. The molecule has 3 heteroatoms. The number of rotatable bonds is 2. The van der Waals surface area contributed by atoms with E-state index in [1.165, 1.54) is 0 Å². The minimum atomic E-state index is -0.0103. The first-order valence-electron chi connectivity index (χ1n) is 6.07. The number of hydrogen-bond acceptors (Lipinski definition) is 3. The Kier molecular flexibility index (Phi) is 2.74. The van der Waals surface area contributed by atoms with E-state index in [0.717, 1.165) is 17.8 Å².